The van der Waals surface area contributed by atoms with Gasteiger partial charge < -0.3 is 15.7 Å². The van der Waals surface area contributed by atoms with Gasteiger partial charge >= 0.3 is 0 Å². The van der Waals surface area contributed by atoms with Crippen molar-refractivity contribution in [1.82, 2.24) is 0 Å². The molecule has 0 amide bonds. The highest BCUT2D eigenvalue weighted by Crippen LogP contribution is 2.34. The van der Waals surface area contributed by atoms with Crippen molar-refractivity contribution in [2.75, 3.05) is 18.1 Å². The summed E-state index contributed by atoms with van der Waals surface area (Å²) in [6.07, 6.45) is 4.31. The Balaban J connectivity index is 2.28. The number of hydrogen-bond donors (Lipinski definition) is 2. The molecule has 1 fully saturated rings. The third-order valence-electron chi connectivity index (χ3n) is 3.86. The van der Waals surface area contributed by atoms with E-state index >= 15 is 0 Å². The van der Waals surface area contributed by atoms with Crippen LogP contribution in [0.1, 0.15) is 44.2 Å². The van der Waals surface area contributed by atoms with Gasteiger partial charge in [0.1, 0.15) is 5.82 Å². The van der Waals surface area contributed by atoms with Gasteiger partial charge in [-0.3, -0.25) is 0 Å². The van der Waals surface area contributed by atoms with Gasteiger partial charge in [-0.2, -0.15) is 0 Å². The fourth-order valence-electron chi connectivity index (χ4n) is 2.59. The second kappa shape index (κ2) is 6.35. The average molecular weight is 266 g/mol. The first-order valence-corrected chi connectivity index (χ1v) is 7.06. The van der Waals surface area contributed by atoms with Crippen LogP contribution in [0.3, 0.4) is 0 Å². The first-order valence-electron chi connectivity index (χ1n) is 7.06. The van der Waals surface area contributed by atoms with Crippen molar-refractivity contribution in [2.45, 2.75) is 44.7 Å². The maximum Gasteiger partial charge on any atom is 0.123 e. The van der Waals surface area contributed by atoms with E-state index in [0.29, 0.717) is 6.04 Å². The van der Waals surface area contributed by atoms with Crippen LogP contribution in [-0.2, 0) is 0 Å². The number of anilines is 1. The van der Waals surface area contributed by atoms with Gasteiger partial charge in [0.05, 0.1) is 0 Å². The number of aliphatic hydroxyl groups excluding tert-OH is 1. The van der Waals surface area contributed by atoms with Crippen LogP contribution in [0.25, 0.3) is 0 Å². The Morgan fingerprint density at radius 2 is 2.21 bits per heavy atom. The van der Waals surface area contributed by atoms with Crippen molar-refractivity contribution in [3.8, 4) is 0 Å². The smallest absolute Gasteiger partial charge is 0.123 e. The van der Waals surface area contributed by atoms with Gasteiger partial charge in [0.15, 0.2) is 0 Å². The van der Waals surface area contributed by atoms with Crippen molar-refractivity contribution in [1.29, 1.82) is 0 Å². The molecule has 4 heteroatoms. The Bertz CT molecular complexity index is 419. The maximum absolute atomic E-state index is 13.4. The summed E-state index contributed by atoms with van der Waals surface area (Å²) in [7, 11) is 0. The lowest BCUT2D eigenvalue weighted by atomic mass is 9.90. The molecule has 106 valence electrons. The van der Waals surface area contributed by atoms with E-state index in [9.17, 15) is 4.39 Å². The summed E-state index contributed by atoms with van der Waals surface area (Å²) in [6.45, 7) is 2.85. The quantitative estimate of drug-likeness (QED) is 0.832. The molecule has 3 nitrogen and oxygen atoms in total. The van der Waals surface area contributed by atoms with E-state index in [1.165, 1.54) is 31.4 Å². The van der Waals surface area contributed by atoms with Crippen molar-refractivity contribution in [3.05, 3.63) is 29.6 Å². The maximum atomic E-state index is 13.4. The first kappa shape index (κ1) is 14.3. The summed E-state index contributed by atoms with van der Waals surface area (Å²) in [5.74, 6) is -0.244. The lowest BCUT2D eigenvalue weighted by Crippen LogP contribution is -2.42. The van der Waals surface area contributed by atoms with E-state index in [4.69, 9.17) is 10.8 Å². The first-order chi connectivity index (χ1) is 9.13. The zero-order valence-electron chi connectivity index (χ0n) is 11.5. The van der Waals surface area contributed by atoms with Gasteiger partial charge in [0.25, 0.3) is 0 Å². The highest BCUT2D eigenvalue weighted by atomic mass is 19.1. The van der Waals surface area contributed by atoms with Gasteiger partial charge in [-0.25, -0.2) is 4.39 Å². The van der Waals surface area contributed by atoms with Gasteiger partial charge in [0, 0.05) is 30.9 Å². The van der Waals surface area contributed by atoms with Crippen LogP contribution >= 0.6 is 0 Å². The van der Waals surface area contributed by atoms with Gasteiger partial charge in [-0.05, 0) is 56.4 Å². The van der Waals surface area contributed by atoms with Crippen LogP contribution in [0.2, 0.25) is 0 Å². The molecule has 1 aliphatic carbocycles. The Hall–Kier alpha value is -1.13. The van der Waals surface area contributed by atoms with Crippen molar-refractivity contribution in [2.24, 2.45) is 5.73 Å². The summed E-state index contributed by atoms with van der Waals surface area (Å²) in [5, 5.41) is 9.05. The molecule has 1 saturated carbocycles. The van der Waals surface area contributed by atoms with Crippen molar-refractivity contribution in [3.63, 3.8) is 0 Å². The predicted octanol–water partition coefficient (Wildman–Crippen LogP) is 2.59. The molecular formula is C15H23FN2O. The zero-order valence-corrected chi connectivity index (χ0v) is 11.5. The second-order valence-electron chi connectivity index (χ2n) is 5.35. The SMILES string of the molecule is C[C@H](N)c1cc(F)ccc1N(CCCO)C1CCC1. The fraction of sp³-hybridized carbons (Fsp3) is 0.600. The monoisotopic (exact) mass is 266 g/mol. The van der Waals surface area contributed by atoms with Crippen LogP contribution in [0.15, 0.2) is 18.2 Å². The second-order valence-corrected chi connectivity index (χ2v) is 5.35. The Morgan fingerprint density at radius 1 is 1.47 bits per heavy atom. The molecule has 0 aromatic heterocycles. The van der Waals surface area contributed by atoms with Crippen LogP contribution in [0, 0.1) is 5.82 Å². The molecule has 0 heterocycles. The van der Waals surface area contributed by atoms with E-state index < -0.39 is 0 Å². The third-order valence-corrected chi connectivity index (χ3v) is 3.86. The molecule has 0 aliphatic heterocycles. The topological polar surface area (TPSA) is 49.5 Å². The van der Waals surface area contributed by atoms with E-state index in [0.717, 1.165) is 24.2 Å². The largest absolute Gasteiger partial charge is 0.396 e. The molecule has 0 bridgehead atoms. The Morgan fingerprint density at radius 3 is 2.74 bits per heavy atom. The molecule has 0 spiro atoms. The number of nitrogens with zero attached hydrogens (tertiary/aromatic N) is 1. The predicted molar refractivity (Wildman–Crippen MR) is 75.7 cm³/mol. The standard InChI is InChI=1S/C15H23FN2O/c1-11(17)14-10-12(16)6-7-15(14)18(8-3-9-19)13-4-2-5-13/h6-7,10-11,13,19H,2-5,8-9,17H2,1H3/t11-/m0/s1. The molecule has 2 rings (SSSR count). The molecular weight excluding hydrogens is 243 g/mol. The van der Waals surface area contributed by atoms with Gasteiger partial charge in [-0.15, -0.1) is 0 Å². The molecule has 3 N–H and O–H groups in total. The number of nitrogens with two attached hydrogens (primary N) is 1. The molecule has 1 aromatic carbocycles. The summed E-state index contributed by atoms with van der Waals surface area (Å²) < 4.78 is 13.4. The summed E-state index contributed by atoms with van der Waals surface area (Å²) >= 11 is 0. The van der Waals surface area contributed by atoms with Crippen LogP contribution in [0.4, 0.5) is 10.1 Å². The molecule has 1 aromatic rings. The lowest BCUT2D eigenvalue weighted by molar-refractivity contribution is 0.283. The third kappa shape index (κ3) is 3.25. The average Bonchev–Trinajstić information content (AvgIpc) is 2.32. The van der Waals surface area contributed by atoms with Crippen molar-refractivity contribution < 1.29 is 9.50 Å². The zero-order chi connectivity index (χ0) is 13.8. The number of aliphatic hydroxyl groups is 1. The summed E-state index contributed by atoms with van der Waals surface area (Å²) in [6, 6.07) is 5.16. The van der Waals surface area contributed by atoms with E-state index in [1.54, 1.807) is 0 Å². The van der Waals surface area contributed by atoms with Crippen LogP contribution in [0.5, 0.6) is 0 Å². The highest BCUT2D eigenvalue weighted by molar-refractivity contribution is 5.56. The Labute approximate surface area is 114 Å². The number of halogens is 1. The lowest BCUT2D eigenvalue weighted by Gasteiger charge is -2.40. The number of rotatable bonds is 6. The van der Waals surface area contributed by atoms with Gasteiger partial charge in [0.2, 0.25) is 0 Å². The van der Waals surface area contributed by atoms with Gasteiger partial charge in [-0.1, -0.05) is 0 Å². The molecule has 1 aliphatic rings. The minimum absolute atomic E-state index is 0.178. The molecule has 0 unspecified atom stereocenters. The normalized spacial score (nSPS) is 17.1. The minimum atomic E-state index is -0.244. The summed E-state index contributed by atoms with van der Waals surface area (Å²) in [5.41, 5.74) is 7.84. The van der Waals surface area contributed by atoms with Crippen LogP contribution < -0.4 is 10.6 Å². The summed E-state index contributed by atoms with van der Waals surface area (Å²) in [4.78, 5) is 2.29. The molecule has 19 heavy (non-hydrogen) atoms. The highest BCUT2D eigenvalue weighted by Gasteiger charge is 2.27. The molecule has 0 radical (unpaired) electrons. The van der Waals surface area contributed by atoms with E-state index in [-0.39, 0.29) is 18.5 Å². The van der Waals surface area contributed by atoms with E-state index in [1.807, 2.05) is 13.0 Å². The minimum Gasteiger partial charge on any atom is -0.396 e. The van der Waals surface area contributed by atoms with Crippen LogP contribution in [-0.4, -0.2) is 24.3 Å². The number of benzene rings is 1. The van der Waals surface area contributed by atoms with E-state index in [2.05, 4.69) is 4.90 Å². The molecule has 0 saturated heterocycles. The van der Waals surface area contributed by atoms with Crippen molar-refractivity contribution >= 4 is 5.69 Å². The fourth-order valence-corrected chi connectivity index (χ4v) is 2.59. The Kier molecular flexibility index (Phi) is 4.77. The molecule has 1 atom stereocenters. The number of hydrogen-bond acceptors (Lipinski definition) is 3.